The molecule has 4 nitrogen and oxygen atoms in total. The molecule has 0 aliphatic carbocycles. The van der Waals surface area contributed by atoms with E-state index in [1.54, 1.807) is 24.3 Å². The summed E-state index contributed by atoms with van der Waals surface area (Å²) < 4.78 is 6.35. The summed E-state index contributed by atoms with van der Waals surface area (Å²) in [4.78, 5) is 0. The van der Waals surface area contributed by atoms with Crippen LogP contribution in [0.1, 0.15) is 51.2 Å². The molecule has 0 amide bonds. The van der Waals surface area contributed by atoms with Gasteiger partial charge in [-0.25, -0.2) is 0 Å². The van der Waals surface area contributed by atoms with Crippen molar-refractivity contribution in [1.29, 1.82) is 0 Å². The predicted octanol–water partition coefficient (Wildman–Crippen LogP) is 4.56. The molecule has 0 aromatic heterocycles. The number of phenolic OH excluding ortho intramolecular Hbond substituents is 3. The average molecular weight is 328 g/mol. The molecule has 0 bridgehead atoms. The second kappa shape index (κ2) is 5.62. The van der Waals surface area contributed by atoms with Crippen LogP contribution in [-0.2, 0) is 11.0 Å². The highest BCUT2D eigenvalue weighted by Crippen LogP contribution is 2.54. The molecule has 1 aliphatic rings. The second-order valence-electron chi connectivity index (χ2n) is 6.92. The van der Waals surface area contributed by atoms with E-state index in [4.69, 9.17) is 4.74 Å². The number of fused-ring (bicyclic) bond motifs is 1. The van der Waals surface area contributed by atoms with Crippen molar-refractivity contribution in [3.8, 4) is 23.0 Å². The Balaban J connectivity index is 2.20. The Hall–Kier alpha value is -2.36. The van der Waals surface area contributed by atoms with Crippen molar-refractivity contribution < 1.29 is 20.1 Å². The third-order valence-corrected chi connectivity index (χ3v) is 5.42. The van der Waals surface area contributed by atoms with Gasteiger partial charge in [0.05, 0.1) is 0 Å². The van der Waals surface area contributed by atoms with E-state index in [0.717, 1.165) is 12.0 Å². The zero-order valence-corrected chi connectivity index (χ0v) is 14.3. The van der Waals surface area contributed by atoms with Crippen molar-refractivity contribution in [2.24, 2.45) is 0 Å². The summed E-state index contributed by atoms with van der Waals surface area (Å²) >= 11 is 0. The maximum atomic E-state index is 10.4. The van der Waals surface area contributed by atoms with E-state index in [-0.39, 0.29) is 22.7 Å². The Bertz CT molecular complexity index is 770. The van der Waals surface area contributed by atoms with Gasteiger partial charge in [0, 0.05) is 35.1 Å². The third-order valence-electron chi connectivity index (χ3n) is 5.42. The summed E-state index contributed by atoms with van der Waals surface area (Å²) in [6, 6.07) is 9.88. The van der Waals surface area contributed by atoms with Crippen LogP contribution in [0.5, 0.6) is 23.0 Å². The molecule has 0 spiro atoms. The lowest BCUT2D eigenvalue weighted by Crippen LogP contribution is -2.44. The highest BCUT2D eigenvalue weighted by Gasteiger charge is 2.47. The van der Waals surface area contributed by atoms with Gasteiger partial charge < -0.3 is 20.1 Å². The van der Waals surface area contributed by atoms with Crippen LogP contribution in [0, 0.1) is 0 Å². The normalized spacial score (nSPS) is 25.8. The zero-order valence-electron chi connectivity index (χ0n) is 14.3. The molecule has 0 fully saturated rings. The van der Waals surface area contributed by atoms with Gasteiger partial charge >= 0.3 is 0 Å². The van der Waals surface area contributed by atoms with Crippen molar-refractivity contribution in [2.75, 3.05) is 0 Å². The molecule has 4 heteroatoms. The van der Waals surface area contributed by atoms with E-state index in [9.17, 15) is 15.3 Å². The lowest BCUT2D eigenvalue weighted by Gasteiger charge is -2.47. The molecule has 2 aromatic rings. The van der Waals surface area contributed by atoms with Crippen LogP contribution in [0.25, 0.3) is 0 Å². The molecular formula is C20H24O4. The first kappa shape index (κ1) is 16.5. The number of aromatic hydroxyl groups is 3. The van der Waals surface area contributed by atoms with E-state index in [1.165, 1.54) is 6.07 Å². The molecule has 1 aliphatic heterocycles. The highest BCUT2D eigenvalue weighted by atomic mass is 16.5. The first-order valence-corrected chi connectivity index (χ1v) is 8.38. The van der Waals surface area contributed by atoms with E-state index in [1.807, 2.05) is 13.0 Å². The van der Waals surface area contributed by atoms with Crippen LogP contribution < -0.4 is 4.74 Å². The van der Waals surface area contributed by atoms with E-state index in [0.29, 0.717) is 24.2 Å². The fourth-order valence-electron chi connectivity index (χ4n) is 3.82. The molecule has 2 atom stereocenters. The van der Waals surface area contributed by atoms with Gasteiger partial charge in [-0.15, -0.1) is 0 Å². The maximum Gasteiger partial charge on any atom is 0.138 e. The van der Waals surface area contributed by atoms with Crippen molar-refractivity contribution in [3.63, 3.8) is 0 Å². The Morgan fingerprint density at radius 3 is 2.12 bits per heavy atom. The second-order valence-corrected chi connectivity index (χ2v) is 6.92. The summed E-state index contributed by atoms with van der Waals surface area (Å²) in [5.41, 5.74) is 0.895. The molecule has 2 aromatic carbocycles. The monoisotopic (exact) mass is 328 g/mol. The van der Waals surface area contributed by atoms with E-state index < -0.39 is 5.60 Å². The lowest BCUT2D eigenvalue weighted by molar-refractivity contribution is 0.00406. The predicted molar refractivity (Wildman–Crippen MR) is 92.7 cm³/mol. The van der Waals surface area contributed by atoms with Gasteiger partial charge in [-0.2, -0.15) is 0 Å². The van der Waals surface area contributed by atoms with Crippen LogP contribution in [0.4, 0.5) is 0 Å². The standard InChI is InChI=1S/C20H24O4/c1-4-19(3)12-20(5-2,15-8-6-13(21)10-17(15)23)24-18-11-14(22)7-9-16(18)19/h6-11,21-23H,4-5,12H2,1-3H3. The molecule has 0 saturated heterocycles. The Morgan fingerprint density at radius 1 is 0.917 bits per heavy atom. The van der Waals surface area contributed by atoms with Gasteiger partial charge in [-0.1, -0.05) is 26.8 Å². The molecule has 1 heterocycles. The Labute approximate surface area is 142 Å². The highest BCUT2D eigenvalue weighted by molar-refractivity contribution is 5.50. The number of phenols is 3. The fraction of sp³-hybridized carbons (Fsp3) is 0.400. The molecular weight excluding hydrogens is 304 g/mol. The number of hydrogen-bond donors (Lipinski definition) is 3. The Morgan fingerprint density at radius 2 is 1.54 bits per heavy atom. The SMILES string of the molecule is CCC1(C)CC(CC)(c2ccc(O)cc2O)Oc2cc(O)ccc21. The quantitative estimate of drug-likeness (QED) is 0.772. The molecule has 128 valence electrons. The molecule has 3 rings (SSSR count). The van der Waals surface area contributed by atoms with Gasteiger partial charge in [-0.05, 0) is 31.0 Å². The number of hydrogen-bond acceptors (Lipinski definition) is 4. The van der Waals surface area contributed by atoms with Gasteiger partial charge in [0.15, 0.2) is 0 Å². The fourth-order valence-corrected chi connectivity index (χ4v) is 3.82. The zero-order chi connectivity index (χ0) is 17.5. The lowest BCUT2D eigenvalue weighted by atomic mass is 9.67. The molecule has 0 saturated carbocycles. The van der Waals surface area contributed by atoms with Crippen LogP contribution in [0.3, 0.4) is 0 Å². The minimum atomic E-state index is -0.705. The molecule has 2 unspecified atom stereocenters. The largest absolute Gasteiger partial charge is 0.508 e. The van der Waals surface area contributed by atoms with Crippen molar-refractivity contribution in [1.82, 2.24) is 0 Å². The number of ether oxygens (including phenoxy) is 1. The van der Waals surface area contributed by atoms with Crippen LogP contribution in [-0.4, -0.2) is 15.3 Å². The van der Waals surface area contributed by atoms with Crippen LogP contribution in [0.2, 0.25) is 0 Å². The van der Waals surface area contributed by atoms with Crippen LogP contribution in [0.15, 0.2) is 36.4 Å². The topological polar surface area (TPSA) is 69.9 Å². The van der Waals surface area contributed by atoms with Gasteiger partial charge in [-0.3, -0.25) is 0 Å². The molecule has 24 heavy (non-hydrogen) atoms. The van der Waals surface area contributed by atoms with Gasteiger partial charge in [0.25, 0.3) is 0 Å². The van der Waals surface area contributed by atoms with E-state index in [2.05, 4.69) is 13.8 Å². The van der Waals surface area contributed by atoms with Crippen molar-refractivity contribution in [2.45, 2.75) is 51.0 Å². The summed E-state index contributed by atoms with van der Waals surface area (Å²) in [6.45, 7) is 6.35. The minimum Gasteiger partial charge on any atom is -0.508 e. The summed E-state index contributed by atoms with van der Waals surface area (Å²) in [7, 11) is 0. The minimum absolute atomic E-state index is 0.0228. The maximum absolute atomic E-state index is 10.4. The average Bonchev–Trinajstić information content (AvgIpc) is 2.54. The number of rotatable bonds is 3. The van der Waals surface area contributed by atoms with Crippen molar-refractivity contribution >= 4 is 0 Å². The summed E-state index contributed by atoms with van der Waals surface area (Å²) in [5.74, 6) is 0.863. The Kier molecular flexibility index (Phi) is 3.86. The van der Waals surface area contributed by atoms with E-state index >= 15 is 0 Å². The first-order chi connectivity index (χ1) is 11.3. The smallest absolute Gasteiger partial charge is 0.138 e. The van der Waals surface area contributed by atoms with Crippen molar-refractivity contribution in [3.05, 3.63) is 47.5 Å². The third kappa shape index (κ3) is 2.46. The van der Waals surface area contributed by atoms with Crippen LogP contribution >= 0.6 is 0 Å². The first-order valence-electron chi connectivity index (χ1n) is 8.38. The molecule has 0 radical (unpaired) electrons. The van der Waals surface area contributed by atoms with Gasteiger partial charge in [0.1, 0.15) is 28.6 Å². The van der Waals surface area contributed by atoms with Gasteiger partial charge in [0.2, 0.25) is 0 Å². The molecule has 3 N–H and O–H groups in total. The number of benzene rings is 2. The summed E-state index contributed by atoms with van der Waals surface area (Å²) in [5, 5.41) is 29.9. The summed E-state index contributed by atoms with van der Waals surface area (Å²) in [6.07, 6.45) is 2.29.